The van der Waals surface area contributed by atoms with E-state index in [1.54, 1.807) is 0 Å². The molecule has 0 aliphatic carbocycles. The van der Waals surface area contributed by atoms with Gasteiger partial charge in [-0.3, -0.25) is 4.79 Å². The van der Waals surface area contributed by atoms with E-state index >= 15 is 0 Å². The van der Waals surface area contributed by atoms with Crippen LogP contribution in [0.2, 0.25) is 0 Å². The molecule has 5 nitrogen and oxygen atoms in total. The maximum atomic E-state index is 11.1. The molecule has 6 heteroatoms. The standard InChI is InChI=1S/C7H13NO4S/c1-12-7(9)6-3-5(4-8-6)13(2,10)11/h5-6,8H,3-4H2,1-2H3/t5-,6+/m0/s1. The molecule has 1 aliphatic rings. The van der Waals surface area contributed by atoms with Gasteiger partial charge in [0.15, 0.2) is 9.84 Å². The van der Waals surface area contributed by atoms with Gasteiger partial charge in [0.1, 0.15) is 6.04 Å². The van der Waals surface area contributed by atoms with Crippen LogP contribution in [0.3, 0.4) is 0 Å². The molecule has 1 fully saturated rings. The highest BCUT2D eigenvalue weighted by Gasteiger charge is 2.35. The van der Waals surface area contributed by atoms with Crippen LogP contribution in [-0.4, -0.2) is 45.6 Å². The molecule has 1 rings (SSSR count). The van der Waals surface area contributed by atoms with Gasteiger partial charge in [0, 0.05) is 12.8 Å². The summed E-state index contributed by atoms with van der Waals surface area (Å²) in [6, 6.07) is -0.468. The Hall–Kier alpha value is -0.620. The zero-order valence-corrected chi connectivity index (χ0v) is 8.43. The highest BCUT2D eigenvalue weighted by atomic mass is 32.2. The van der Waals surface area contributed by atoms with E-state index in [9.17, 15) is 13.2 Å². The summed E-state index contributed by atoms with van der Waals surface area (Å²) >= 11 is 0. The number of carbonyl (C=O) groups excluding carboxylic acids is 1. The smallest absolute Gasteiger partial charge is 0.322 e. The number of esters is 1. The number of methoxy groups -OCH3 is 1. The summed E-state index contributed by atoms with van der Waals surface area (Å²) in [4.78, 5) is 11.0. The van der Waals surface area contributed by atoms with Crippen LogP contribution in [-0.2, 0) is 19.4 Å². The van der Waals surface area contributed by atoms with E-state index < -0.39 is 27.1 Å². The fraction of sp³-hybridized carbons (Fsp3) is 0.857. The molecule has 1 heterocycles. The summed E-state index contributed by atoms with van der Waals surface area (Å²) in [5.74, 6) is -0.397. The Kier molecular flexibility index (Phi) is 2.92. The predicted molar refractivity (Wildman–Crippen MR) is 47.1 cm³/mol. The maximum Gasteiger partial charge on any atom is 0.322 e. The number of nitrogens with one attached hydrogen (secondary N) is 1. The third kappa shape index (κ3) is 2.41. The Morgan fingerprint density at radius 3 is 2.54 bits per heavy atom. The molecule has 0 aromatic carbocycles. The molecule has 76 valence electrons. The van der Waals surface area contributed by atoms with E-state index in [0.29, 0.717) is 13.0 Å². The average Bonchev–Trinajstić information content (AvgIpc) is 2.50. The van der Waals surface area contributed by atoms with Crippen LogP contribution in [0.15, 0.2) is 0 Å². The third-order valence-electron chi connectivity index (χ3n) is 2.18. The molecule has 0 unspecified atom stereocenters. The van der Waals surface area contributed by atoms with Crippen LogP contribution < -0.4 is 5.32 Å². The Bertz CT molecular complexity index is 298. The highest BCUT2D eigenvalue weighted by molar-refractivity contribution is 7.91. The molecule has 2 atom stereocenters. The molecule has 1 N–H and O–H groups in total. The third-order valence-corrected chi connectivity index (χ3v) is 3.75. The molecule has 0 amide bonds. The summed E-state index contributed by atoms with van der Waals surface area (Å²) < 4.78 is 26.7. The zero-order chi connectivity index (χ0) is 10.1. The van der Waals surface area contributed by atoms with Gasteiger partial charge in [0.2, 0.25) is 0 Å². The van der Waals surface area contributed by atoms with Crippen LogP contribution in [0.25, 0.3) is 0 Å². The Morgan fingerprint density at radius 2 is 2.15 bits per heavy atom. The van der Waals surface area contributed by atoms with E-state index in [2.05, 4.69) is 10.1 Å². The minimum Gasteiger partial charge on any atom is -0.468 e. The monoisotopic (exact) mass is 207 g/mol. The maximum absolute atomic E-state index is 11.1. The van der Waals surface area contributed by atoms with Gasteiger partial charge in [0.05, 0.1) is 12.4 Å². The average molecular weight is 207 g/mol. The number of hydrogen-bond donors (Lipinski definition) is 1. The SMILES string of the molecule is COC(=O)[C@H]1C[C@H](S(C)(=O)=O)CN1. The second kappa shape index (κ2) is 3.63. The first-order chi connectivity index (χ1) is 5.95. The number of ether oxygens (including phenoxy) is 1. The largest absolute Gasteiger partial charge is 0.468 e. The topological polar surface area (TPSA) is 72.5 Å². The van der Waals surface area contributed by atoms with Gasteiger partial charge in [0.25, 0.3) is 0 Å². The number of sulfone groups is 1. The van der Waals surface area contributed by atoms with Gasteiger partial charge in [-0.05, 0) is 6.42 Å². The van der Waals surface area contributed by atoms with Crippen LogP contribution >= 0.6 is 0 Å². The van der Waals surface area contributed by atoms with Crippen molar-refractivity contribution in [3.05, 3.63) is 0 Å². The predicted octanol–water partition coefficient (Wildman–Crippen LogP) is -1.07. The first-order valence-corrected chi connectivity index (χ1v) is 5.90. The minimum atomic E-state index is -3.05. The van der Waals surface area contributed by atoms with Crippen molar-refractivity contribution in [3.63, 3.8) is 0 Å². The van der Waals surface area contributed by atoms with Gasteiger partial charge in [-0.25, -0.2) is 8.42 Å². The molecule has 0 spiro atoms. The van der Waals surface area contributed by atoms with Crippen molar-refractivity contribution < 1.29 is 17.9 Å². The van der Waals surface area contributed by atoms with Crippen LogP contribution in [0, 0.1) is 0 Å². The van der Waals surface area contributed by atoms with Crippen molar-refractivity contribution in [2.75, 3.05) is 19.9 Å². The lowest BCUT2D eigenvalue weighted by Gasteiger charge is -2.06. The van der Waals surface area contributed by atoms with E-state index in [1.165, 1.54) is 13.4 Å². The Morgan fingerprint density at radius 1 is 1.54 bits per heavy atom. The first kappa shape index (κ1) is 10.5. The molecule has 0 aromatic rings. The van der Waals surface area contributed by atoms with Crippen LogP contribution in [0.1, 0.15) is 6.42 Å². The van der Waals surface area contributed by atoms with Gasteiger partial charge in [-0.2, -0.15) is 0 Å². The van der Waals surface area contributed by atoms with Gasteiger partial charge in [-0.1, -0.05) is 0 Å². The normalized spacial score (nSPS) is 28.8. The summed E-state index contributed by atoms with van der Waals surface area (Å²) in [6.45, 7) is 0.332. The van der Waals surface area contributed by atoms with Crippen molar-refractivity contribution in [2.45, 2.75) is 17.7 Å². The van der Waals surface area contributed by atoms with Crippen LogP contribution in [0.4, 0.5) is 0 Å². The van der Waals surface area contributed by atoms with Gasteiger partial charge < -0.3 is 10.1 Å². The summed E-state index contributed by atoms with van der Waals surface area (Å²) in [7, 11) is -1.76. The zero-order valence-electron chi connectivity index (χ0n) is 7.61. The van der Waals surface area contributed by atoms with Crippen molar-refractivity contribution in [2.24, 2.45) is 0 Å². The van der Waals surface area contributed by atoms with E-state index in [0.717, 1.165) is 0 Å². The van der Waals surface area contributed by atoms with Gasteiger partial charge in [-0.15, -0.1) is 0 Å². The van der Waals surface area contributed by atoms with E-state index in [4.69, 9.17) is 0 Å². The molecule has 0 aromatic heterocycles. The van der Waals surface area contributed by atoms with E-state index in [1.807, 2.05) is 0 Å². The second-order valence-corrected chi connectivity index (χ2v) is 5.50. The molecule has 13 heavy (non-hydrogen) atoms. The van der Waals surface area contributed by atoms with E-state index in [-0.39, 0.29) is 0 Å². The number of rotatable bonds is 2. The van der Waals surface area contributed by atoms with Crippen molar-refractivity contribution in [3.8, 4) is 0 Å². The van der Waals surface area contributed by atoms with Crippen molar-refractivity contribution in [1.82, 2.24) is 5.32 Å². The fourth-order valence-electron chi connectivity index (χ4n) is 1.35. The summed E-state index contributed by atoms with van der Waals surface area (Å²) in [5.41, 5.74) is 0. The first-order valence-electron chi connectivity index (χ1n) is 3.95. The fourth-order valence-corrected chi connectivity index (χ4v) is 2.29. The summed E-state index contributed by atoms with van der Waals surface area (Å²) in [5, 5.41) is 2.35. The lowest BCUT2D eigenvalue weighted by molar-refractivity contribution is -0.142. The minimum absolute atomic E-state index is 0.311. The molecule has 0 radical (unpaired) electrons. The molecular weight excluding hydrogens is 194 g/mol. The Labute approximate surface area is 77.4 Å². The number of hydrogen-bond acceptors (Lipinski definition) is 5. The van der Waals surface area contributed by atoms with Crippen molar-refractivity contribution in [1.29, 1.82) is 0 Å². The van der Waals surface area contributed by atoms with Crippen molar-refractivity contribution >= 4 is 15.8 Å². The summed E-state index contributed by atoms with van der Waals surface area (Å²) in [6.07, 6.45) is 1.49. The molecule has 0 bridgehead atoms. The van der Waals surface area contributed by atoms with Crippen LogP contribution in [0.5, 0.6) is 0 Å². The quantitative estimate of drug-likeness (QED) is 0.584. The lowest BCUT2D eigenvalue weighted by Crippen LogP contribution is -2.31. The second-order valence-electron chi connectivity index (χ2n) is 3.17. The highest BCUT2D eigenvalue weighted by Crippen LogP contribution is 2.14. The molecule has 1 saturated heterocycles. The lowest BCUT2D eigenvalue weighted by atomic mass is 10.2. The number of carbonyl (C=O) groups is 1. The Balaban J connectivity index is 2.60. The van der Waals surface area contributed by atoms with Gasteiger partial charge >= 0.3 is 5.97 Å². The molecule has 0 saturated carbocycles. The molecular formula is C7H13NO4S. The molecule has 1 aliphatic heterocycles.